The number of nitro benzene ring substituents is 1. The number of benzene rings is 1. The fraction of sp³-hybridized carbons (Fsp3) is 0.600. The van der Waals surface area contributed by atoms with E-state index in [9.17, 15) is 10.1 Å². The van der Waals surface area contributed by atoms with Crippen LogP contribution in [0.2, 0.25) is 0 Å². The van der Waals surface area contributed by atoms with Gasteiger partial charge in [0.15, 0.2) is 0 Å². The fourth-order valence-corrected chi connectivity index (χ4v) is 1.98. The van der Waals surface area contributed by atoms with Gasteiger partial charge in [-0.15, -0.1) is 0 Å². The monoisotopic (exact) mass is 281 g/mol. The Morgan fingerprint density at radius 3 is 2.60 bits per heavy atom. The summed E-state index contributed by atoms with van der Waals surface area (Å²) in [6.07, 6.45) is 5.86. The maximum atomic E-state index is 10.8. The highest BCUT2D eigenvalue weighted by Gasteiger charge is 2.11. The van der Waals surface area contributed by atoms with Gasteiger partial charge in [0.05, 0.1) is 18.1 Å². The van der Waals surface area contributed by atoms with E-state index < -0.39 is 4.92 Å². The zero-order chi connectivity index (χ0) is 14.8. The third kappa shape index (κ3) is 5.57. The van der Waals surface area contributed by atoms with Gasteiger partial charge in [0.1, 0.15) is 5.75 Å². The molecule has 20 heavy (non-hydrogen) atoms. The van der Waals surface area contributed by atoms with E-state index in [4.69, 9.17) is 9.47 Å². The van der Waals surface area contributed by atoms with Gasteiger partial charge in [-0.2, -0.15) is 0 Å². The fourth-order valence-electron chi connectivity index (χ4n) is 1.98. The molecule has 1 aromatic rings. The van der Waals surface area contributed by atoms with Crippen LogP contribution in [0.1, 0.15) is 44.6 Å². The summed E-state index contributed by atoms with van der Waals surface area (Å²) < 4.78 is 10.8. The molecule has 0 bridgehead atoms. The van der Waals surface area contributed by atoms with Crippen LogP contribution in [0.4, 0.5) is 5.69 Å². The van der Waals surface area contributed by atoms with E-state index in [1.165, 1.54) is 31.4 Å². The smallest absolute Gasteiger partial charge is 0.270 e. The molecule has 0 atom stereocenters. The second-order valence-corrected chi connectivity index (χ2v) is 4.74. The predicted molar refractivity (Wildman–Crippen MR) is 78.1 cm³/mol. The molecule has 1 rings (SSSR count). The van der Waals surface area contributed by atoms with Gasteiger partial charge in [-0.1, -0.05) is 32.6 Å². The highest BCUT2D eigenvalue weighted by atomic mass is 16.6. The lowest BCUT2D eigenvalue weighted by Gasteiger charge is -2.11. The molecule has 0 aliphatic carbocycles. The SMILES string of the molecule is CCCCCCCOc1ccc([N+](=O)[O-])cc1COC. The first kappa shape index (κ1) is 16.4. The molecule has 0 saturated heterocycles. The lowest BCUT2D eigenvalue weighted by molar-refractivity contribution is -0.385. The van der Waals surface area contributed by atoms with Gasteiger partial charge in [0.25, 0.3) is 5.69 Å². The summed E-state index contributed by atoms with van der Waals surface area (Å²) >= 11 is 0. The van der Waals surface area contributed by atoms with Crippen molar-refractivity contribution in [1.29, 1.82) is 0 Å². The molecule has 0 unspecified atom stereocenters. The maximum Gasteiger partial charge on any atom is 0.270 e. The number of hydrogen-bond donors (Lipinski definition) is 0. The first-order valence-corrected chi connectivity index (χ1v) is 7.08. The van der Waals surface area contributed by atoms with Crippen LogP contribution in [0.3, 0.4) is 0 Å². The van der Waals surface area contributed by atoms with E-state index in [0.29, 0.717) is 19.0 Å². The Hall–Kier alpha value is -1.62. The third-order valence-electron chi connectivity index (χ3n) is 3.06. The molecule has 0 saturated carbocycles. The van der Waals surface area contributed by atoms with Crippen LogP contribution in [-0.4, -0.2) is 18.6 Å². The van der Waals surface area contributed by atoms with E-state index in [0.717, 1.165) is 18.4 Å². The Balaban J connectivity index is 2.53. The minimum atomic E-state index is -0.409. The molecule has 0 heterocycles. The number of non-ortho nitro benzene ring substituents is 1. The molecule has 0 radical (unpaired) electrons. The van der Waals surface area contributed by atoms with Crippen LogP contribution in [-0.2, 0) is 11.3 Å². The summed E-state index contributed by atoms with van der Waals surface area (Å²) in [5.41, 5.74) is 0.780. The first-order chi connectivity index (χ1) is 9.69. The highest BCUT2D eigenvalue weighted by Crippen LogP contribution is 2.25. The normalized spacial score (nSPS) is 10.5. The number of hydrogen-bond acceptors (Lipinski definition) is 4. The number of nitrogens with zero attached hydrogens (tertiary/aromatic N) is 1. The Morgan fingerprint density at radius 1 is 1.20 bits per heavy atom. The summed E-state index contributed by atoms with van der Waals surface area (Å²) in [6, 6.07) is 4.63. The number of nitro groups is 1. The van der Waals surface area contributed by atoms with Crippen LogP contribution < -0.4 is 4.74 Å². The molecule has 0 aliphatic rings. The molecule has 5 nitrogen and oxygen atoms in total. The second-order valence-electron chi connectivity index (χ2n) is 4.74. The zero-order valence-electron chi connectivity index (χ0n) is 12.3. The Bertz CT molecular complexity index is 420. The van der Waals surface area contributed by atoms with Gasteiger partial charge >= 0.3 is 0 Å². The molecule has 0 fully saturated rings. The summed E-state index contributed by atoms with van der Waals surface area (Å²) in [5.74, 6) is 0.674. The molecule has 0 spiro atoms. The van der Waals surface area contributed by atoms with Crippen LogP contribution >= 0.6 is 0 Å². The van der Waals surface area contributed by atoms with Crippen LogP contribution in [0.15, 0.2) is 18.2 Å². The summed E-state index contributed by atoms with van der Waals surface area (Å²) in [7, 11) is 1.56. The molecule has 112 valence electrons. The summed E-state index contributed by atoms with van der Waals surface area (Å²) in [6.45, 7) is 3.13. The maximum absolute atomic E-state index is 10.8. The quantitative estimate of drug-likeness (QED) is 0.368. The minimum absolute atomic E-state index is 0.0624. The van der Waals surface area contributed by atoms with E-state index in [1.54, 1.807) is 13.2 Å². The van der Waals surface area contributed by atoms with Crippen molar-refractivity contribution in [1.82, 2.24) is 0 Å². The van der Waals surface area contributed by atoms with Crippen molar-refractivity contribution in [3.63, 3.8) is 0 Å². The van der Waals surface area contributed by atoms with Gasteiger partial charge in [-0.25, -0.2) is 0 Å². The highest BCUT2D eigenvalue weighted by molar-refractivity contribution is 5.43. The number of methoxy groups -OCH3 is 1. The van der Waals surface area contributed by atoms with E-state index in [1.807, 2.05) is 0 Å². The summed E-state index contributed by atoms with van der Waals surface area (Å²) in [5, 5.41) is 10.8. The van der Waals surface area contributed by atoms with Gasteiger partial charge < -0.3 is 9.47 Å². The van der Waals surface area contributed by atoms with Crippen LogP contribution in [0, 0.1) is 10.1 Å². The molecular formula is C15H23NO4. The lowest BCUT2D eigenvalue weighted by atomic mass is 10.1. The van der Waals surface area contributed by atoms with Gasteiger partial charge in [-0.05, 0) is 12.5 Å². The van der Waals surface area contributed by atoms with Crippen molar-refractivity contribution in [3.05, 3.63) is 33.9 Å². The minimum Gasteiger partial charge on any atom is -0.493 e. The standard InChI is InChI=1S/C15H23NO4/c1-3-4-5-6-7-10-20-15-9-8-14(16(17)18)11-13(15)12-19-2/h8-9,11H,3-7,10,12H2,1-2H3. The topological polar surface area (TPSA) is 61.6 Å². The number of unbranched alkanes of at least 4 members (excludes halogenated alkanes) is 4. The van der Waals surface area contributed by atoms with Gasteiger partial charge in [0.2, 0.25) is 0 Å². The van der Waals surface area contributed by atoms with E-state index in [-0.39, 0.29) is 5.69 Å². The number of rotatable bonds is 10. The second kappa shape index (κ2) is 9.31. The van der Waals surface area contributed by atoms with Crippen molar-refractivity contribution >= 4 is 5.69 Å². The molecule has 1 aromatic carbocycles. The zero-order valence-corrected chi connectivity index (χ0v) is 12.3. The largest absolute Gasteiger partial charge is 0.493 e. The molecular weight excluding hydrogens is 258 g/mol. The van der Waals surface area contributed by atoms with Crippen molar-refractivity contribution in [2.45, 2.75) is 45.6 Å². The van der Waals surface area contributed by atoms with Crippen molar-refractivity contribution < 1.29 is 14.4 Å². The average molecular weight is 281 g/mol. The molecule has 0 aliphatic heterocycles. The third-order valence-corrected chi connectivity index (χ3v) is 3.06. The Kier molecular flexibility index (Phi) is 7.65. The van der Waals surface area contributed by atoms with Crippen LogP contribution in [0.5, 0.6) is 5.75 Å². The molecule has 5 heteroatoms. The van der Waals surface area contributed by atoms with Crippen LogP contribution in [0.25, 0.3) is 0 Å². The van der Waals surface area contributed by atoms with Gasteiger partial charge in [-0.3, -0.25) is 10.1 Å². The molecule has 0 aromatic heterocycles. The Labute approximate surface area is 120 Å². The molecule has 0 N–H and O–H groups in total. The predicted octanol–water partition coefficient (Wildman–Crippen LogP) is 4.09. The van der Waals surface area contributed by atoms with Gasteiger partial charge in [0, 0.05) is 24.8 Å². The van der Waals surface area contributed by atoms with E-state index >= 15 is 0 Å². The van der Waals surface area contributed by atoms with Crippen molar-refractivity contribution in [2.75, 3.05) is 13.7 Å². The summed E-state index contributed by atoms with van der Waals surface area (Å²) in [4.78, 5) is 10.3. The molecule has 0 amide bonds. The number of ether oxygens (including phenoxy) is 2. The average Bonchev–Trinajstić information content (AvgIpc) is 2.44. The van der Waals surface area contributed by atoms with E-state index in [2.05, 4.69) is 6.92 Å². The first-order valence-electron chi connectivity index (χ1n) is 7.08. The van der Waals surface area contributed by atoms with Crippen molar-refractivity contribution in [2.24, 2.45) is 0 Å². The van der Waals surface area contributed by atoms with Crippen molar-refractivity contribution in [3.8, 4) is 5.75 Å². The Morgan fingerprint density at radius 2 is 1.95 bits per heavy atom. The lowest BCUT2D eigenvalue weighted by Crippen LogP contribution is -2.02.